The lowest BCUT2D eigenvalue weighted by Gasteiger charge is -2.12. The zero-order chi connectivity index (χ0) is 14.0. The van der Waals surface area contributed by atoms with Crippen LogP contribution in [-0.4, -0.2) is 23.0 Å². The van der Waals surface area contributed by atoms with Gasteiger partial charge in [0.25, 0.3) is 0 Å². The molecule has 0 bridgehead atoms. The maximum Gasteiger partial charge on any atom is 0.340 e. The van der Waals surface area contributed by atoms with Crippen molar-refractivity contribution in [2.45, 2.75) is 12.5 Å². The Hall–Kier alpha value is -2.21. The van der Waals surface area contributed by atoms with Crippen LogP contribution in [0.1, 0.15) is 16.8 Å². The Morgan fingerprint density at radius 1 is 1.37 bits per heavy atom. The van der Waals surface area contributed by atoms with Gasteiger partial charge >= 0.3 is 5.97 Å². The molecule has 2 unspecified atom stereocenters. The maximum atomic E-state index is 13.4. The topological polar surface area (TPSA) is 92.4 Å². The van der Waals surface area contributed by atoms with E-state index in [4.69, 9.17) is 10.8 Å². The first-order valence-corrected chi connectivity index (χ1v) is 5.75. The second kappa shape index (κ2) is 5.19. The molecule has 0 spiro atoms. The Balaban J connectivity index is 2.20. The monoisotopic (exact) mass is 264 g/mol. The van der Waals surface area contributed by atoms with Gasteiger partial charge in [0.1, 0.15) is 11.4 Å². The van der Waals surface area contributed by atoms with E-state index in [0.717, 1.165) is 6.07 Å². The van der Waals surface area contributed by atoms with Crippen LogP contribution in [0.15, 0.2) is 30.4 Å². The lowest BCUT2D eigenvalue weighted by Crippen LogP contribution is -2.25. The second-order valence-electron chi connectivity index (χ2n) is 4.35. The summed E-state index contributed by atoms with van der Waals surface area (Å²) in [5.74, 6) is -3.12. The number of hydrogen-bond acceptors (Lipinski definition) is 3. The van der Waals surface area contributed by atoms with Gasteiger partial charge in [-0.15, -0.1) is 0 Å². The molecule has 0 saturated heterocycles. The molecule has 0 aliphatic heterocycles. The Labute approximate surface area is 108 Å². The first-order valence-electron chi connectivity index (χ1n) is 5.75. The fourth-order valence-electron chi connectivity index (χ4n) is 1.99. The van der Waals surface area contributed by atoms with Crippen molar-refractivity contribution in [1.29, 1.82) is 0 Å². The van der Waals surface area contributed by atoms with E-state index in [1.165, 1.54) is 12.1 Å². The zero-order valence-corrected chi connectivity index (χ0v) is 9.97. The number of nitrogens with one attached hydrogen (secondary N) is 1. The van der Waals surface area contributed by atoms with Gasteiger partial charge < -0.3 is 16.2 Å². The van der Waals surface area contributed by atoms with Crippen LogP contribution in [0.3, 0.4) is 0 Å². The molecular formula is C13H13FN2O3. The first kappa shape index (κ1) is 13.2. The zero-order valence-electron chi connectivity index (χ0n) is 9.97. The summed E-state index contributed by atoms with van der Waals surface area (Å²) in [6, 6.07) is 3.54. The van der Waals surface area contributed by atoms with E-state index in [-0.39, 0.29) is 11.7 Å². The predicted octanol–water partition coefficient (Wildman–Crippen LogP) is 1.37. The average Bonchev–Trinajstić information content (AvgIpc) is 2.75. The summed E-state index contributed by atoms with van der Waals surface area (Å²) in [6.07, 6.45) is 3.84. The van der Waals surface area contributed by atoms with Gasteiger partial charge in [0, 0.05) is 6.04 Å². The molecule has 100 valence electrons. The predicted molar refractivity (Wildman–Crippen MR) is 67.2 cm³/mol. The van der Waals surface area contributed by atoms with Crippen LogP contribution in [0.25, 0.3) is 0 Å². The molecule has 0 saturated carbocycles. The normalized spacial score (nSPS) is 21.4. The van der Waals surface area contributed by atoms with E-state index in [9.17, 15) is 14.0 Å². The van der Waals surface area contributed by atoms with E-state index >= 15 is 0 Å². The largest absolute Gasteiger partial charge is 0.478 e. The lowest BCUT2D eigenvalue weighted by molar-refractivity contribution is -0.118. The average molecular weight is 264 g/mol. The molecular weight excluding hydrogens is 251 g/mol. The summed E-state index contributed by atoms with van der Waals surface area (Å²) in [7, 11) is 0. The Bertz CT molecular complexity index is 557. The highest BCUT2D eigenvalue weighted by Crippen LogP contribution is 2.22. The number of carbonyl (C=O) groups is 2. The summed E-state index contributed by atoms with van der Waals surface area (Å²) < 4.78 is 13.4. The number of carboxylic acid groups (broad SMARTS) is 1. The third kappa shape index (κ3) is 2.79. The highest BCUT2D eigenvalue weighted by Gasteiger charge is 2.24. The third-order valence-electron chi connectivity index (χ3n) is 2.94. The summed E-state index contributed by atoms with van der Waals surface area (Å²) in [5, 5.41) is 11.4. The van der Waals surface area contributed by atoms with E-state index in [0.29, 0.717) is 6.42 Å². The molecule has 0 aromatic heterocycles. The fourth-order valence-corrected chi connectivity index (χ4v) is 1.99. The van der Waals surface area contributed by atoms with Gasteiger partial charge in [-0.05, 0) is 18.6 Å². The molecule has 19 heavy (non-hydrogen) atoms. The minimum Gasteiger partial charge on any atom is -0.478 e. The highest BCUT2D eigenvalue weighted by molar-refractivity contribution is 6.01. The van der Waals surface area contributed by atoms with E-state index < -0.39 is 29.2 Å². The summed E-state index contributed by atoms with van der Waals surface area (Å²) in [5.41, 5.74) is 5.05. The maximum absolute atomic E-state index is 13.4. The van der Waals surface area contributed by atoms with Crippen molar-refractivity contribution < 1.29 is 19.1 Å². The summed E-state index contributed by atoms with van der Waals surface area (Å²) in [6.45, 7) is 0. The van der Waals surface area contributed by atoms with Crippen LogP contribution < -0.4 is 11.1 Å². The number of aromatic carboxylic acids is 1. The minimum absolute atomic E-state index is 0.0497. The number of rotatable bonds is 3. The number of amides is 1. The van der Waals surface area contributed by atoms with Crippen LogP contribution in [0.2, 0.25) is 0 Å². The van der Waals surface area contributed by atoms with E-state index in [1.807, 2.05) is 0 Å². The molecule has 0 radical (unpaired) electrons. The third-order valence-corrected chi connectivity index (χ3v) is 2.94. The molecule has 1 aliphatic carbocycles. The van der Waals surface area contributed by atoms with Crippen molar-refractivity contribution in [3.63, 3.8) is 0 Å². The molecule has 2 rings (SSSR count). The highest BCUT2D eigenvalue weighted by atomic mass is 19.1. The second-order valence-corrected chi connectivity index (χ2v) is 4.35. The van der Waals surface area contributed by atoms with Gasteiger partial charge in [-0.1, -0.05) is 18.2 Å². The van der Waals surface area contributed by atoms with Crippen molar-refractivity contribution in [2.24, 2.45) is 11.7 Å². The molecule has 4 N–H and O–H groups in total. The van der Waals surface area contributed by atoms with E-state index in [2.05, 4.69) is 5.32 Å². The van der Waals surface area contributed by atoms with Crippen molar-refractivity contribution in [3.8, 4) is 0 Å². The standard InChI is InChI=1S/C13H13FN2O3/c14-9-2-1-3-10(11(9)13(18)19)16-12(17)7-4-5-8(15)6-7/h1-5,7-8H,6,15H2,(H,16,17)(H,18,19). The first-order chi connectivity index (χ1) is 8.99. The molecule has 2 atom stereocenters. The summed E-state index contributed by atoms with van der Waals surface area (Å²) in [4.78, 5) is 22.9. The number of carboxylic acids is 1. The number of anilines is 1. The fraction of sp³-hybridized carbons (Fsp3) is 0.231. The van der Waals surface area contributed by atoms with Crippen molar-refractivity contribution in [2.75, 3.05) is 5.32 Å². The van der Waals surface area contributed by atoms with Gasteiger partial charge in [-0.25, -0.2) is 9.18 Å². The molecule has 1 aromatic carbocycles. The van der Waals surface area contributed by atoms with Crippen molar-refractivity contribution >= 4 is 17.6 Å². The van der Waals surface area contributed by atoms with Crippen LogP contribution in [-0.2, 0) is 4.79 Å². The smallest absolute Gasteiger partial charge is 0.340 e. The van der Waals surface area contributed by atoms with E-state index in [1.54, 1.807) is 12.2 Å². The number of halogens is 1. The van der Waals surface area contributed by atoms with Gasteiger partial charge in [0.05, 0.1) is 11.6 Å². The van der Waals surface area contributed by atoms with Gasteiger partial charge in [0.2, 0.25) is 5.91 Å². The molecule has 1 aliphatic rings. The quantitative estimate of drug-likeness (QED) is 0.719. The van der Waals surface area contributed by atoms with Crippen LogP contribution in [0.5, 0.6) is 0 Å². The number of carbonyl (C=O) groups excluding carboxylic acids is 1. The Morgan fingerprint density at radius 3 is 2.68 bits per heavy atom. The number of hydrogen-bond donors (Lipinski definition) is 3. The molecule has 1 amide bonds. The molecule has 0 fully saturated rings. The van der Waals surface area contributed by atoms with Gasteiger partial charge in [-0.2, -0.15) is 0 Å². The van der Waals surface area contributed by atoms with Gasteiger partial charge in [-0.3, -0.25) is 4.79 Å². The molecule has 1 aromatic rings. The van der Waals surface area contributed by atoms with Crippen molar-refractivity contribution in [3.05, 3.63) is 41.7 Å². The molecule has 5 nitrogen and oxygen atoms in total. The molecule has 6 heteroatoms. The Kier molecular flexibility index (Phi) is 3.62. The Morgan fingerprint density at radius 2 is 2.11 bits per heavy atom. The van der Waals surface area contributed by atoms with Crippen LogP contribution in [0.4, 0.5) is 10.1 Å². The minimum atomic E-state index is -1.42. The number of nitrogens with two attached hydrogens (primary N) is 1. The molecule has 0 heterocycles. The van der Waals surface area contributed by atoms with Crippen LogP contribution >= 0.6 is 0 Å². The number of benzene rings is 1. The van der Waals surface area contributed by atoms with Crippen LogP contribution in [0, 0.1) is 11.7 Å². The van der Waals surface area contributed by atoms with Crippen molar-refractivity contribution in [1.82, 2.24) is 0 Å². The van der Waals surface area contributed by atoms with Gasteiger partial charge in [0.15, 0.2) is 0 Å². The SMILES string of the molecule is NC1C=CC(C(=O)Nc2cccc(F)c2C(=O)O)C1. The lowest BCUT2D eigenvalue weighted by atomic mass is 10.1. The summed E-state index contributed by atoms with van der Waals surface area (Å²) >= 11 is 0.